The molecule has 1 aliphatic rings. The molecule has 0 fully saturated rings. The third kappa shape index (κ3) is 45.2. The summed E-state index contributed by atoms with van der Waals surface area (Å²) in [4.78, 5) is 283. The van der Waals surface area contributed by atoms with E-state index in [4.69, 9.17) is 11.5 Å². The molecule has 1 aromatic heterocycles. The summed E-state index contributed by atoms with van der Waals surface area (Å²) in [5, 5.41) is 75.2. The van der Waals surface area contributed by atoms with E-state index in [9.17, 15) is 82.4 Å². The van der Waals surface area contributed by atoms with Crippen molar-refractivity contribution in [1.29, 1.82) is 0 Å². The van der Waals surface area contributed by atoms with Crippen molar-refractivity contribution in [2.45, 2.75) is 359 Å². The number of ketones is 10. The van der Waals surface area contributed by atoms with Gasteiger partial charge in [0.1, 0.15) is 41.5 Å². The van der Waals surface area contributed by atoms with Crippen LogP contribution in [0.4, 0.5) is 0 Å². The van der Waals surface area contributed by atoms with Crippen LogP contribution in [0.1, 0.15) is 249 Å². The van der Waals surface area contributed by atoms with E-state index in [0.29, 0.717) is 59.7 Å². The van der Waals surface area contributed by atoms with Crippen molar-refractivity contribution >= 4 is 128 Å². The Morgan fingerprint density at radius 1 is 0.544 bits per heavy atom. The van der Waals surface area contributed by atoms with Gasteiger partial charge in [-0.1, -0.05) is 120 Å². The van der Waals surface area contributed by atoms with Crippen LogP contribution < -0.4 is 102 Å². The number of carboxylic acids is 1. The minimum atomic E-state index is -2.20. The second-order valence-corrected chi connectivity index (χ2v) is 40.8. The number of carbonyl (C=O) groups is 20. The highest BCUT2D eigenvalue weighted by atomic mass is 16.4. The summed E-state index contributed by atoms with van der Waals surface area (Å²) in [6.07, 6.45) is 2.40. The zero-order valence-electron chi connectivity index (χ0n) is 89.0. The number of nitrogens with one attached hydrogen (secondary N) is 18. The molecule has 0 bridgehead atoms. The number of aromatic amines is 1. The lowest BCUT2D eigenvalue weighted by molar-refractivity contribution is -0.144. The quantitative estimate of drug-likeness (QED) is 0.0129. The Balaban J connectivity index is 1.49. The number of rotatable bonds is 51. The van der Waals surface area contributed by atoms with Gasteiger partial charge < -0.3 is 84.9 Å². The molecule has 0 radical (unpaired) electrons. The predicted molar refractivity (Wildman–Crippen MR) is 559 cm³/mol. The molecule has 149 heavy (non-hydrogen) atoms. The van der Waals surface area contributed by atoms with E-state index in [-0.39, 0.29) is 139 Å². The fourth-order valence-corrected chi connectivity index (χ4v) is 16.5. The zero-order chi connectivity index (χ0) is 111. The number of phenols is 1. The number of amides is 9. The summed E-state index contributed by atoms with van der Waals surface area (Å²) in [7, 11) is 0. The molecular formula is C106H162N20O23. The van der Waals surface area contributed by atoms with Crippen molar-refractivity contribution in [1.82, 2.24) is 95.6 Å². The molecule has 5 rings (SSSR count). The molecule has 17 atom stereocenters. The van der Waals surface area contributed by atoms with Crippen LogP contribution in [-0.2, 0) is 115 Å². The number of primary amides is 2. The Labute approximate surface area is 872 Å². The lowest BCUT2D eigenvalue weighted by atomic mass is 9.84. The van der Waals surface area contributed by atoms with Gasteiger partial charge in [0.2, 0.25) is 64.7 Å². The highest BCUT2D eigenvalue weighted by Crippen LogP contribution is 2.26. The maximum absolute atomic E-state index is 15.7. The lowest BCUT2D eigenvalue weighted by Gasteiger charge is -2.33. The molecule has 1 aliphatic heterocycles. The maximum Gasteiger partial charge on any atom is 0.303 e. The number of para-hydroxylation sites is 1. The number of benzene rings is 3. The Bertz CT molecular complexity index is 5220. The summed E-state index contributed by atoms with van der Waals surface area (Å²) in [5.74, 6) is -15.7. The molecular weight excluding hydrogens is 1920 g/mol. The molecule has 9 amide bonds. The van der Waals surface area contributed by atoms with Crippen molar-refractivity contribution in [3.8, 4) is 5.75 Å². The third-order valence-corrected chi connectivity index (χ3v) is 26.5. The fraction of sp³-hybridized carbons (Fsp3) is 0.604. The minimum Gasteiger partial charge on any atom is -0.508 e. The molecule has 4 aromatic rings. The van der Waals surface area contributed by atoms with Crippen LogP contribution >= 0.6 is 0 Å². The van der Waals surface area contributed by atoms with E-state index < -0.39 is 251 Å². The number of aromatic nitrogens is 1. The van der Waals surface area contributed by atoms with Gasteiger partial charge in [-0.15, -0.1) is 0 Å². The summed E-state index contributed by atoms with van der Waals surface area (Å²) in [6, 6.07) is 4.23. The zero-order valence-corrected chi connectivity index (χ0v) is 89.0. The van der Waals surface area contributed by atoms with Crippen molar-refractivity contribution in [3.63, 3.8) is 0 Å². The van der Waals surface area contributed by atoms with Crippen LogP contribution in [0.3, 0.4) is 0 Å². The van der Waals surface area contributed by atoms with Gasteiger partial charge in [-0.25, -0.2) is 10.9 Å². The number of Topliss-reactive ketones (excluding diaryl/α,β-unsaturated/α-hetero) is 10. The number of carboxylic acid groups (broad SMARTS) is 1. The topological polar surface area (TPSA) is 674 Å². The fourth-order valence-electron chi connectivity index (χ4n) is 16.5. The monoisotopic (exact) mass is 2080 g/mol. The number of allylic oxidation sites excluding steroid dienone is 2. The van der Waals surface area contributed by atoms with E-state index in [1.54, 1.807) is 116 Å². The van der Waals surface area contributed by atoms with Crippen molar-refractivity contribution in [3.05, 3.63) is 114 Å². The smallest absolute Gasteiger partial charge is 0.303 e. The van der Waals surface area contributed by atoms with E-state index in [0.717, 1.165) is 0 Å². The number of carbonyl (C=O) groups excluding carboxylic acids is 19. The second-order valence-electron chi connectivity index (χ2n) is 40.8. The Kier molecular flexibility index (Phi) is 54.3. The number of nitrogens with two attached hydrogens (primary N) is 2. The molecule has 0 aliphatic carbocycles. The number of H-pyrrole nitrogens is 1. The number of hydrogen-bond acceptors (Lipinski definition) is 32. The summed E-state index contributed by atoms with van der Waals surface area (Å²) < 4.78 is 0. The molecule has 43 nitrogen and oxygen atoms in total. The number of aliphatic carboxylic acids is 1. The number of aromatic hydroxyl groups is 1. The maximum atomic E-state index is 15.7. The lowest BCUT2D eigenvalue weighted by Crippen LogP contribution is -2.64. The Hall–Kier alpha value is -12.3. The number of phenolic OH excluding ortho intramolecular Hbond substituents is 1. The van der Waals surface area contributed by atoms with Gasteiger partial charge in [-0.3, -0.25) is 122 Å². The number of hydrogen-bond donors (Lipinski definition) is 23. The highest BCUT2D eigenvalue weighted by molar-refractivity contribution is 6.42. The Morgan fingerprint density at radius 3 is 1.74 bits per heavy atom. The van der Waals surface area contributed by atoms with E-state index in [2.05, 4.69) is 95.6 Å². The van der Waals surface area contributed by atoms with Crippen LogP contribution in [0.2, 0.25) is 0 Å². The van der Waals surface area contributed by atoms with Crippen LogP contribution in [0, 0.1) is 11.8 Å². The molecule has 0 saturated carbocycles. The summed E-state index contributed by atoms with van der Waals surface area (Å²) >= 11 is 0. The standard InChI is InChI=1S/C106H162N20O23/c1-61(2)49-80(118-70(12)128)99(145)122-94(69(11)127)103(149)121-82(51-71-31-25-24-26-32-71)102(148)124-106(16)46-30-23-21-19-17-18-20-22-29-45-105(15,91(137)58-111-67(9)89(135)57-117-104(13,14)90(136)55-87(133)65(7)110-48-43-84(130)63(5)109-47-44-85(131)64(6)113-59-115-68(10)97(108)143)123-101(147)81(50-62(3)4)120-98(144)78(39-41-92(107)138)116-60-114-66(8)86(132)54-88(134)79(53-73-56-112-76-34-28-27-33-75(73)76)119-100(146)83(52-72-35-37-74(129)38-36-72)126-125-77(40-42-93(139)140)95(141)96(106)142/h18,20,24-28,31-38,56,61-69,77-83,94,109-117,125-127,129H,17,19,21-23,29-30,39-55,57-60H2,1-16H3,(H2,107,138)(H2,108,143)(H,118,128)(H,119,146)(H,120,144)(H,121,149)(H,122,145)(H,123,147)(H,124,148)(H,139,140)/t63-,64-,65-,66-,67-,68+,69+,77-,78-,79-,80-,81-,82-,83-,94-,105-,106+/m0/s1. The van der Waals surface area contributed by atoms with Crippen LogP contribution in [0.5, 0.6) is 5.75 Å². The van der Waals surface area contributed by atoms with Gasteiger partial charge in [-0.05, 0) is 194 Å². The van der Waals surface area contributed by atoms with Crippen LogP contribution in [-0.4, -0.2) is 284 Å². The molecule has 25 N–H and O–H groups in total. The molecule has 2 heterocycles. The molecule has 0 saturated heterocycles. The van der Waals surface area contributed by atoms with Crippen molar-refractivity contribution in [2.75, 3.05) is 39.5 Å². The molecule has 824 valence electrons. The average Bonchev–Trinajstić information content (AvgIpc) is 1.44. The normalized spacial score (nSPS) is 21.3. The number of aliphatic hydroxyl groups excluding tert-OH is 1. The predicted octanol–water partition coefficient (Wildman–Crippen LogP) is 1.46. The molecule has 0 spiro atoms. The van der Waals surface area contributed by atoms with Gasteiger partial charge in [0.15, 0.2) is 46.3 Å². The summed E-state index contributed by atoms with van der Waals surface area (Å²) in [5.41, 5.74) is 13.2. The molecule has 43 heteroatoms. The third-order valence-electron chi connectivity index (χ3n) is 26.5. The van der Waals surface area contributed by atoms with E-state index in [1.165, 1.54) is 79.7 Å². The van der Waals surface area contributed by atoms with Gasteiger partial charge >= 0.3 is 5.97 Å². The van der Waals surface area contributed by atoms with Gasteiger partial charge in [0.05, 0.1) is 97.5 Å². The minimum absolute atomic E-state index is 0.000107. The first-order valence-corrected chi connectivity index (χ1v) is 51.5. The van der Waals surface area contributed by atoms with Crippen molar-refractivity contribution in [2.24, 2.45) is 23.3 Å². The molecule has 3 aromatic carbocycles. The van der Waals surface area contributed by atoms with Crippen LogP contribution in [0.25, 0.3) is 10.9 Å². The largest absolute Gasteiger partial charge is 0.508 e. The SMILES string of the molecule is CC(=O)N[C@@H](CC(C)C)C(=O)N[C@H](C(=O)N[C@@H](Cc1ccccc1)C(=O)N[C@]1(C)CCCCCCC=CCCC[C@@](C)(C(=O)CN[C@@H](C)C(=O)CNC(C)(C)C(=O)CC(=O)[C@H](C)NCCC(=O)[C@H](C)NCCC(=O)[C@H](C)NCN[C@H](C)C(N)=O)NC(=O)[C@H](CC(C)C)NC(=O)[C@H](CCC(N)=O)NCN[C@@H](C)C(=O)CC(=O)[C@H](Cc2c[nH]c3ccccc23)NC(=O)[C@H](Cc2ccc(O)cc2)NN[C@@H](CCC(=O)O)C(=O)C1=O)[C@@H](C)O. The highest BCUT2D eigenvalue weighted by Gasteiger charge is 2.45. The van der Waals surface area contributed by atoms with E-state index in [1.807, 2.05) is 12.2 Å². The first-order valence-electron chi connectivity index (χ1n) is 51.5. The Morgan fingerprint density at radius 2 is 1.13 bits per heavy atom. The van der Waals surface area contributed by atoms with Crippen molar-refractivity contribution < 1.29 is 111 Å². The first kappa shape index (κ1) is 127. The second kappa shape index (κ2) is 63.6. The van der Waals surface area contributed by atoms with Gasteiger partial charge in [0, 0.05) is 89.0 Å². The van der Waals surface area contributed by atoms with Crippen LogP contribution in [0.15, 0.2) is 97.2 Å². The number of fused-ring (bicyclic) bond motifs is 1. The first-order chi connectivity index (χ1) is 70.1. The number of aliphatic hydroxyl groups is 1. The van der Waals surface area contributed by atoms with Gasteiger partial charge in [-0.2, -0.15) is 0 Å². The summed E-state index contributed by atoms with van der Waals surface area (Å²) in [6.45, 7) is 24.1. The molecule has 0 unspecified atom stereocenters. The van der Waals surface area contributed by atoms with E-state index >= 15 is 28.8 Å². The van der Waals surface area contributed by atoms with Gasteiger partial charge in [0.25, 0.3) is 0 Å². The number of hydrazine groups is 1. The average molecular weight is 2080 g/mol.